The second-order valence-electron chi connectivity index (χ2n) is 3.94. The van der Waals surface area contributed by atoms with Crippen LogP contribution in [-0.4, -0.2) is 25.7 Å². The maximum atomic E-state index is 5.89. The number of piperazine rings is 1. The number of anilines is 1. The predicted molar refractivity (Wildman–Crippen MR) is 65.7 cm³/mol. The molecule has 3 heteroatoms. The molecule has 1 aromatic rings. The van der Waals surface area contributed by atoms with Crippen molar-refractivity contribution in [2.75, 3.05) is 24.5 Å². The topological polar surface area (TPSA) is 15.3 Å². The second-order valence-corrected chi connectivity index (χ2v) is 4.37. The molecule has 1 aliphatic rings. The number of nitrogens with one attached hydrogen (secondary N) is 1. The molecule has 0 bridgehead atoms. The molecule has 0 saturated carbocycles. The van der Waals surface area contributed by atoms with Gasteiger partial charge in [-0.05, 0) is 30.7 Å². The Labute approximate surface area is 96.2 Å². The van der Waals surface area contributed by atoms with Gasteiger partial charge >= 0.3 is 0 Å². The summed E-state index contributed by atoms with van der Waals surface area (Å²) in [5.41, 5.74) is 1.28. The van der Waals surface area contributed by atoms with Crippen molar-refractivity contribution in [1.82, 2.24) is 5.32 Å². The first-order valence-corrected chi connectivity index (χ1v) is 5.92. The second kappa shape index (κ2) is 4.86. The first-order valence-electron chi connectivity index (χ1n) is 5.54. The Balaban J connectivity index is 2.16. The lowest BCUT2D eigenvalue weighted by Crippen LogP contribution is -2.51. The molecule has 15 heavy (non-hydrogen) atoms. The van der Waals surface area contributed by atoms with Crippen LogP contribution in [0.25, 0.3) is 0 Å². The number of hydrogen-bond acceptors (Lipinski definition) is 2. The van der Waals surface area contributed by atoms with E-state index in [4.69, 9.17) is 11.6 Å². The van der Waals surface area contributed by atoms with Crippen LogP contribution in [0.1, 0.15) is 13.3 Å². The standard InChI is InChI=1S/C12H17ClN2/c1-2-11-9-14-7-8-15(11)12-5-3-10(13)4-6-12/h3-6,11,14H,2,7-9H2,1H3/t11-/m0/s1. The molecule has 1 fully saturated rings. The van der Waals surface area contributed by atoms with E-state index in [9.17, 15) is 0 Å². The highest BCUT2D eigenvalue weighted by Gasteiger charge is 2.20. The molecule has 2 rings (SSSR count). The van der Waals surface area contributed by atoms with Crippen LogP contribution in [0.4, 0.5) is 5.69 Å². The van der Waals surface area contributed by atoms with Gasteiger partial charge in [0.1, 0.15) is 0 Å². The van der Waals surface area contributed by atoms with E-state index in [1.807, 2.05) is 12.1 Å². The third kappa shape index (κ3) is 2.44. The van der Waals surface area contributed by atoms with Crippen LogP contribution in [0.15, 0.2) is 24.3 Å². The molecule has 0 aromatic heterocycles. The van der Waals surface area contributed by atoms with Gasteiger partial charge in [-0.2, -0.15) is 0 Å². The van der Waals surface area contributed by atoms with Crippen LogP contribution in [0.2, 0.25) is 5.02 Å². The summed E-state index contributed by atoms with van der Waals surface area (Å²) in [5.74, 6) is 0. The molecule has 0 unspecified atom stereocenters. The van der Waals surface area contributed by atoms with E-state index in [1.54, 1.807) is 0 Å². The summed E-state index contributed by atoms with van der Waals surface area (Å²) in [6, 6.07) is 8.75. The maximum absolute atomic E-state index is 5.89. The van der Waals surface area contributed by atoms with Gasteiger partial charge in [0.15, 0.2) is 0 Å². The Morgan fingerprint density at radius 2 is 2.13 bits per heavy atom. The fraction of sp³-hybridized carbons (Fsp3) is 0.500. The molecule has 1 aromatic carbocycles. The average Bonchev–Trinajstić information content (AvgIpc) is 2.30. The molecule has 0 radical (unpaired) electrons. The maximum Gasteiger partial charge on any atom is 0.0412 e. The number of nitrogens with zero attached hydrogens (tertiary/aromatic N) is 1. The summed E-state index contributed by atoms with van der Waals surface area (Å²) in [6.45, 7) is 5.47. The van der Waals surface area contributed by atoms with Crippen LogP contribution in [0, 0.1) is 0 Å². The van der Waals surface area contributed by atoms with Gasteiger partial charge in [0.05, 0.1) is 0 Å². The fourth-order valence-corrected chi connectivity index (χ4v) is 2.22. The van der Waals surface area contributed by atoms with Crippen molar-refractivity contribution >= 4 is 17.3 Å². The molecular weight excluding hydrogens is 208 g/mol. The van der Waals surface area contributed by atoms with E-state index in [1.165, 1.54) is 12.1 Å². The molecular formula is C12H17ClN2. The molecule has 0 aliphatic carbocycles. The monoisotopic (exact) mass is 224 g/mol. The normalized spacial score (nSPS) is 21.7. The van der Waals surface area contributed by atoms with Crippen LogP contribution in [-0.2, 0) is 0 Å². The summed E-state index contributed by atoms with van der Waals surface area (Å²) >= 11 is 5.89. The minimum absolute atomic E-state index is 0.611. The summed E-state index contributed by atoms with van der Waals surface area (Å²) < 4.78 is 0. The van der Waals surface area contributed by atoms with Gasteiger partial charge < -0.3 is 10.2 Å². The Bertz CT molecular complexity index is 310. The molecule has 1 saturated heterocycles. The van der Waals surface area contributed by atoms with Crippen LogP contribution in [0.5, 0.6) is 0 Å². The molecule has 2 nitrogen and oxygen atoms in total. The SMILES string of the molecule is CC[C@H]1CNCCN1c1ccc(Cl)cc1. The number of hydrogen-bond donors (Lipinski definition) is 1. The lowest BCUT2D eigenvalue weighted by molar-refractivity contribution is 0.466. The first-order chi connectivity index (χ1) is 7.31. The summed E-state index contributed by atoms with van der Waals surface area (Å²) in [5, 5.41) is 4.24. The smallest absolute Gasteiger partial charge is 0.0412 e. The van der Waals surface area contributed by atoms with Crippen molar-refractivity contribution in [2.24, 2.45) is 0 Å². The lowest BCUT2D eigenvalue weighted by Gasteiger charge is -2.37. The van der Waals surface area contributed by atoms with Crippen molar-refractivity contribution in [3.05, 3.63) is 29.3 Å². The summed E-state index contributed by atoms with van der Waals surface area (Å²) in [7, 11) is 0. The van der Waals surface area contributed by atoms with Crippen LogP contribution >= 0.6 is 11.6 Å². The number of halogens is 1. The van der Waals surface area contributed by atoms with Gasteiger partial charge in [-0.25, -0.2) is 0 Å². The lowest BCUT2D eigenvalue weighted by atomic mass is 10.1. The van der Waals surface area contributed by atoms with Crippen molar-refractivity contribution in [3.8, 4) is 0 Å². The highest BCUT2D eigenvalue weighted by Crippen LogP contribution is 2.21. The van der Waals surface area contributed by atoms with E-state index in [2.05, 4.69) is 29.3 Å². The molecule has 82 valence electrons. The van der Waals surface area contributed by atoms with E-state index in [0.717, 1.165) is 24.7 Å². The van der Waals surface area contributed by atoms with Crippen LogP contribution in [0.3, 0.4) is 0 Å². The molecule has 1 atom stereocenters. The molecule has 1 heterocycles. The van der Waals surface area contributed by atoms with Gasteiger partial charge in [-0.3, -0.25) is 0 Å². The molecule has 0 amide bonds. The molecule has 1 N–H and O–H groups in total. The van der Waals surface area contributed by atoms with E-state index >= 15 is 0 Å². The Morgan fingerprint density at radius 1 is 1.40 bits per heavy atom. The quantitative estimate of drug-likeness (QED) is 0.831. The van der Waals surface area contributed by atoms with Crippen molar-refractivity contribution in [2.45, 2.75) is 19.4 Å². The fourth-order valence-electron chi connectivity index (χ4n) is 2.10. The van der Waals surface area contributed by atoms with E-state index in [-0.39, 0.29) is 0 Å². The van der Waals surface area contributed by atoms with E-state index in [0.29, 0.717) is 6.04 Å². The van der Waals surface area contributed by atoms with Crippen molar-refractivity contribution < 1.29 is 0 Å². The van der Waals surface area contributed by atoms with Crippen molar-refractivity contribution in [1.29, 1.82) is 0 Å². The summed E-state index contributed by atoms with van der Waals surface area (Å²) in [4.78, 5) is 2.47. The van der Waals surface area contributed by atoms with Gasteiger partial charge in [0, 0.05) is 36.4 Å². The highest BCUT2D eigenvalue weighted by atomic mass is 35.5. The predicted octanol–water partition coefficient (Wildman–Crippen LogP) is 2.53. The first kappa shape index (κ1) is 10.8. The Kier molecular flexibility index (Phi) is 3.49. The van der Waals surface area contributed by atoms with E-state index < -0.39 is 0 Å². The van der Waals surface area contributed by atoms with Gasteiger partial charge in [0.2, 0.25) is 0 Å². The zero-order valence-corrected chi connectivity index (χ0v) is 9.80. The van der Waals surface area contributed by atoms with Gasteiger partial charge in [-0.1, -0.05) is 18.5 Å². The zero-order valence-electron chi connectivity index (χ0n) is 9.04. The minimum atomic E-state index is 0.611. The summed E-state index contributed by atoms with van der Waals surface area (Å²) in [6.07, 6.45) is 1.18. The zero-order chi connectivity index (χ0) is 10.7. The van der Waals surface area contributed by atoms with Gasteiger partial charge in [0.25, 0.3) is 0 Å². The van der Waals surface area contributed by atoms with Gasteiger partial charge in [-0.15, -0.1) is 0 Å². The van der Waals surface area contributed by atoms with Crippen LogP contribution < -0.4 is 10.2 Å². The Morgan fingerprint density at radius 3 is 2.80 bits per heavy atom. The average molecular weight is 225 g/mol. The largest absolute Gasteiger partial charge is 0.366 e. The molecule has 0 spiro atoms. The number of rotatable bonds is 2. The molecule has 1 aliphatic heterocycles. The minimum Gasteiger partial charge on any atom is -0.366 e. The highest BCUT2D eigenvalue weighted by molar-refractivity contribution is 6.30. The number of benzene rings is 1. The van der Waals surface area contributed by atoms with Crippen molar-refractivity contribution in [3.63, 3.8) is 0 Å². The third-order valence-corrected chi connectivity index (χ3v) is 3.23. The Hall–Kier alpha value is -0.730. The third-order valence-electron chi connectivity index (χ3n) is 2.98.